The van der Waals surface area contributed by atoms with Crippen LogP contribution >= 0.6 is 0 Å². The zero-order chi connectivity index (χ0) is 14.3. The van der Waals surface area contributed by atoms with Gasteiger partial charge in [-0.2, -0.15) is 0 Å². The average molecular weight is 258 g/mol. The fourth-order valence-corrected chi connectivity index (χ4v) is 1.36. The summed E-state index contributed by atoms with van der Waals surface area (Å²) in [6.45, 7) is 1.78. The highest BCUT2D eigenvalue weighted by molar-refractivity contribution is 6.02. The Hall–Kier alpha value is -1.89. The van der Waals surface area contributed by atoms with Crippen LogP contribution in [0.1, 0.15) is 32.6 Å². The Kier molecular flexibility index (Phi) is 6.66. The van der Waals surface area contributed by atoms with E-state index in [-0.39, 0.29) is 24.8 Å². The Morgan fingerprint density at radius 2 is 1.72 bits per heavy atom. The number of carboxylic acids is 2. The second-order valence-corrected chi connectivity index (χ2v) is 3.85. The summed E-state index contributed by atoms with van der Waals surface area (Å²) < 4.78 is 0. The van der Waals surface area contributed by atoms with Crippen LogP contribution in [0, 0.1) is 0 Å². The highest BCUT2D eigenvalue weighted by atomic mass is 16.4. The lowest BCUT2D eigenvalue weighted by Gasteiger charge is -2.09. The number of rotatable bonds is 8. The van der Waals surface area contributed by atoms with E-state index in [0.717, 1.165) is 0 Å². The first kappa shape index (κ1) is 16.1. The van der Waals surface area contributed by atoms with Crippen molar-refractivity contribution in [2.75, 3.05) is 0 Å². The van der Waals surface area contributed by atoms with Crippen molar-refractivity contribution in [2.45, 2.75) is 38.6 Å². The third kappa shape index (κ3) is 4.96. The summed E-state index contributed by atoms with van der Waals surface area (Å²) in [6, 6.07) is -1.14. The first-order chi connectivity index (χ1) is 8.31. The molecule has 0 unspecified atom stereocenters. The molecule has 7 nitrogen and oxygen atoms in total. The Balaban J connectivity index is 4.75. The number of aliphatic carboxylic acids is 2. The lowest BCUT2D eigenvalue weighted by molar-refractivity contribution is -0.139. The van der Waals surface area contributed by atoms with Crippen molar-refractivity contribution in [3.63, 3.8) is 0 Å². The second-order valence-electron chi connectivity index (χ2n) is 3.85. The summed E-state index contributed by atoms with van der Waals surface area (Å²) in [5.41, 5.74) is 10.1. The van der Waals surface area contributed by atoms with E-state index in [1.807, 2.05) is 0 Å². The van der Waals surface area contributed by atoms with Crippen molar-refractivity contribution >= 4 is 17.7 Å². The van der Waals surface area contributed by atoms with Gasteiger partial charge in [0.15, 0.2) is 5.78 Å². The van der Waals surface area contributed by atoms with Gasteiger partial charge in [-0.25, -0.2) is 4.79 Å². The molecule has 0 aliphatic rings. The Morgan fingerprint density at radius 3 is 2.11 bits per heavy atom. The van der Waals surface area contributed by atoms with Gasteiger partial charge in [0, 0.05) is 12.0 Å². The molecule has 0 aromatic heterocycles. The van der Waals surface area contributed by atoms with E-state index in [9.17, 15) is 14.4 Å². The summed E-state index contributed by atoms with van der Waals surface area (Å²) >= 11 is 0. The summed E-state index contributed by atoms with van der Waals surface area (Å²) in [5, 5.41) is 17.3. The van der Waals surface area contributed by atoms with Gasteiger partial charge in [0.25, 0.3) is 0 Å². The largest absolute Gasteiger partial charge is 0.480 e. The van der Waals surface area contributed by atoms with Gasteiger partial charge < -0.3 is 21.7 Å². The molecule has 0 saturated carbocycles. The molecule has 0 fully saturated rings. The van der Waals surface area contributed by atoms with E-state index in [1.54, 1.807) is 6.92 Å². The van der Waals surface area contributed by atoms with Crippen molar-refractivity contribution in [1.82, 2.24) is 0 Å². The summed E-state index contributed by atoms with van der Waals surface area (Å²) in [6.07, 6.45) is 0.643. The predicted molar refractivity (Wildman–Crippen MR) is 63.6 cm³/mol. The zero-order valence-corrected chi connectivity index (χ0v) is 10.2. The number of hydrogen-bond donors (Lipinski definition) is 4. The van der Waals surface area contributed by atoms with Gasteiger partial charge in [0.05, 0.1) is 0 Å². The molecule has 0 aliphatic heterocycles. The normalized spacial score (nSPS) is 13.7. The molecule has 0 aliphatic carbocycles. The Bertz CT molecular complexity index is 376. The molecule has 0 saturated heterocycles. The minimum Gasteiger partial charge on any atom is -0.480 e. The Morgan fingerprint density at radius 1 is 1.17 bits per heavy atom. The molecular weight excluding hydrogens is 240 g/mol. The summed E-state index contributed by atoms with van der Waals surface area (Å²) in [4.78, 5) is 33.0. The van der Waals surface area contributed by atoms with Gasteiger partial charge in [0.1, 0.15) is 11.7 Å². The van der Waals surface area contributed by atoms with Crippen LogP contribution in [-0.4, -0.2) is 34.0 Å². The Labute approximate surface area is 104 Å². The number of carbonyl (C=O) groups is 3. The monoisotopic (exact) mass is 258 g/mol. The topological polar surface area (TPSA) is 144 Å². The molecule has 0 spiro atoms. The number of allylic oxidation sites excluding steroid dienone is 1. The maximum Gasteiger partial charge on any atom is 0.352 e. The molecule has 0 amide bonds. The molecule has 0 aromatic rings. The SMILES string of the molecule is CCC/C(C(=O)CC[C@H](N)C(=O)O)=C(/N)C(=O)O. The average Bonchev–Trinajstić information content (AvgIpc) is 2.31. The molecule has 0 heterocycles. The van der Waals surface area contributed by atoms with E-state index in [1.165, 1.54) is 0 Å². The summed E-state index contributed by atoms with van der Waals surface area (Å²) in [7, 11) is 0. The van der Waals surface area contributed by atoms with Gasteiger partial charge in [-0.05, 0) is 12.8 Å². The van der Waals surface area contributed by atoms with Crippen LogP contribution in [0.15, 0.2) is 11.3 Å². The maximum atomic E-state index is 11.8. The second kappa shape index (κ2) is 7.44. The third-order valence-corrected chi connectivity index (χ3v) is 2.39. The zero-order valence-electron chi connectivity index (χ0n) is 10.2. The highest BCUT2D eigenvalue weighted by Crippen LogP contribution is 2.13. The van der Waals surface area contributed by atoms with Crippen LogP contribution in [0.3, 0.4) is 0 Å². The van der Waals surface area contributed by atoms with E-state index < -0.39 is 29.5 Å². The number of carboxylic acid groups (broad SMARTS) is 2. The van der Waals surface area contributed by atoms with E-state index in [0.29, 0.717) is 6.42 Å². The molecule has 18 heavy (non-hydrogen) atoms. The number of carbonyl (C=O) groups excluding carboxylic acids is 1. The fourth-order valence-electron chi connectivity index (χ4n) is 1.36. The third-order valence-electron chi connectivity index (χ3n) is 2.39. The first-order valence-electron chi connectivity index (χ1n) is 5.54. The van der Waals surface area contributed by atoms with E-state index in [2.05, 4.69) is 0 Å². The van der Waals surface area contributed by atoms with Crippen molar-refractivity contribution in [2.24, 2.45) is 11.5 Å². The maximum absolute atomic E-state index is 11.8. The molecule has 6 N–H and O–H groups in total. The lowest BCUT2D eigenvalue weighted by Crippen LogP contribution is -2.31. The molecular formula is C11H18N2O5. The number of nitrogens with two attached hydrogens (primary N) is 2. The van der Waals surface area contributed by atoms with Crippen molar-refractivity contribution in [3.8, 4) is 0 Å². The summed E-state index contributed by atoms with van der Waals surface area (Å²) in [5.74, 6) is -3.02. The van der Waals surface area contributed by atoms with Crippen molar-refractivity contribution < 1.29 is 24.6 Å². The quantitative estimate of drug-likeness (QED) is 0.443. The molecule has 0 rings (SSSR count). The smallest absolute Gasteiger partial charge is 0.352 e. The lowest BCUT2D eigenvalue weighted by atomic mass is 9.98. The minimum atomic E-state index is -1.35. The van der Waals surface area contributed by atoms with Crippen molar-refractivity contribution in [1.29, 1.82) is 0 Å². The highest BCUT2D eigenvalue weighted by Gasteiger charge is 2.19. The van der Waals surface area contributed by atoms with Crippen LogP contribution in [0.25, 0.3) is 0 Å². The van der Waals surface area contributed by atoms with Crippen LogP contribution in [-0.2, 0) is 14.4 Å². The van der Waals surface area contributed by atoms with Crippen LogP contribution in [0.5, 0.6) is 0 Å². The van der Waals surface area contributed by atoms with Crippen LogP contribution in [0.2, 0.25) is 0 Å². The van der Waals surface area contributed by atoms with E-state index in [4.69, 9.17) is 21.7 Å². The van der Waals surface area contributed by atoms with Gasteiger partial charge in [0.2, 0.25) is 0 Å². The number of hydrogen-bond acceptors (Lipinski definition) is 5. The number of Topliss-reactive ketones (excluding diaryl/α,β-unsaturated/α-hetero) is 1. The van der Waals surface area contributed by atoms with E-state index >= 15 is 0 Å². The van der Waals surface area contributed by atoms with Crippen LogP contribution < -0.4 is 11.5 Å². The molecule has 7 heteroatoms. The molecule has 0 bridgehead atoms. The first-order valence-corrected chi connectivity index (χ1v) is 5.54. The van der Waals surface area contributed by atoms with Crippen molar-refractivity contribution in [3.05, 3.63) is 11.3 Å². The molecule has 0 aromatic carbocycles. The fraction of sp³-hybridized carbons (Fsp3) is 0.545. The molecule has 102 valence electrons. The molecule has 0 radical (unpaired) electrons. The van der Waals surface area contributed by atoms with Gasteiger partial charge >= 0.3 is 11.9 Å². The van der Waals surface area contributed by atoms with Gasteiger partial charge in [-0.1, -0.05) is 13.3 Å². The van der Waals surface area contributed by atoms with Gasteiger partial charge in [-0.15, -0.1) is 0 Å². The number of ketones is 1. The predicted octanol–water partition coefficient (Wildman–Crippen LogP) is -0.155. The molecule has 1 atom stereocenters. The van der Waals surface area contributed by atoms with Gasteiger partial charge in [-0.3, -0.25) is 9.59 Å². The van der Waals surface area contributed by atoms with Crippen LogP contribution in [0.4, 0.5) is 0 Å². The standard InChI is InChI=1S/C11H18N2O5/c1-2-3-6(9(13)11(17)18)8(14)5-4-7(12)10(15)16/h7H,2-5,12-13H2,1H3,(H,15,16)(H,17,18)/b9-6-/t7-/m0/s1. The minimum absolute atomic E-state index is 0.0302.